The molecule has 2 rings (SSSR count). The molecule has 0 aliphatic rings. The van der Waals surface area contributed by atoms with E-state index in [1.165, 1.54) is 0 Å². The van der Waals surface area contributed by atoms with E-state index in [-0.39, 0.29) is 12.3 Å². The van der Waals surface area contributed by atoms with Gasteiger partial charge in [-0.2, -0.15) is 0 Å². The Balaban J connectivity index is 2.34. The Bertz CT molecular complexity index is 506. The van der Waals surface area contributed by atoms with Gasteiger partial charge in [0.25, 0.3) is 0 Å². The second-order valence-electron chi connectivity index (χ2n) is 3.19. The second-order valence-corrected chi connectivity index (χ2v) is 3.63. The first-order valence-electron chi connectivity index (χ1n) is 4.53. The van der Waals surface area contributed by atoms with Crippen molar-refractivity contribution in [2.45, 2.75) is 6.42 Å². The number of hydrogen-bond acceptors (Lipinski definition) is 2. The molecule has 0 saturated heterocycles. The Kier molecular flexibility index (Phi) is 2.60. The number of imidazole rings is 1. The number of fused-ring (bicyclic) bond motifs is 1. The molecular weight excluding hydrogens is 214 g/mol. The number of amides is 1. The van der Waals surface area contributed by atoms with Gasteiger partial charge in [0.05, 0.1) is 17.1 Å². The Morgan fingerprint density at radius 3 is 3.07 bits per heavy atom. The van der Waals surface area contributed by atoms with Crippen LogP contribution < -0.4 is 5.32 Å². The van der Waals surface area contributed by atoms with Gasteiger partial charge in [-0.3, -0.25) is 4.79 Å². The number of nitrogens with zero attached hydrogens (tertiary/aromatic N) is 2. The molecule has 0 spiro atoms. The fourth-order valence-corrected chi connectivity index (χ4v) is 1.52. The molecule has 1 amide bonds. The van der Waals surface area contributed by atoms with Crippen molar-refractivity contribution in [3.05, 3.63) is 35.2 Å². The number of aromatic nitrogens is 2. The molecule has 0 radical (unpaired) electrons. The first-order chi connectivity index (χ1) is 7.19. The average molecular weight is 224 g/mol. The van der Waals surface area contributed by atoms with E-state index in [0.29, 0.717) is 5.02 Å². The highest BCUT2D eigenvalue weighted by molar-refractivity contribution is 6.30. The zero-order valence-corrected chi connectivity index (χ0v) is 8.95. The minimum atomic E-state index is -0.0514. The summed E-state index contributed by atoms with van der Waals surface area (Å²) in [6.07, 6.45) is 3.85. The fourth-order valence-electron chi connectivity index (χ4n) is 1.36. The van der Waals surface area contributed by atoms with Crippen LogP contribution in [0.1, 0.15) is 5.69 Å². The first kappa shape index (κ1) is 9.98. The molecule has 0 fully saturated rings. The summed E-state index contributed by atoms with van der Waals surface area (Å²) in [5, 5.41) is 3.20. The molecule has 2 heterocycles. The molecule has 78 valence electrons. The molecule has 0 saturated carbocycles. The number of halogens is 1. The molecule has 2 aromatic heterocycles. The number of pyridine rings is 1. The zero-order chi connectivity index (χ0) is 10.8. The van der Waals surface area contributed by atoms with Crippen molar-refractivity contribution in [1.82, 2.24) is 14.7 Å². The van der Waals surface area contributed by atoms with E-state index in [9.17, 15) is 4.79 Å². The van der Waals surface area contributed by atoms with Gasteiger partial charge in [0.15, 0.2) is 0 Å². The summed E-state index contributed by atoms with van der Waals surface area (Å²) in [5.74, 6) is -0.0514. The van der Waals surface area contributed by atoms with Gasteiger partial charge in [-0.25, -0.2) is 4.98 Å². The van der Waals surface area contributed by atoms with Gasteiger partial charge < -0.3 is 9.72 Å². The third-order valence-corrected chi connectivity index (χ3v) is 2.31. The van der Waals surface area contributed by atoms with Crippen LogP contribution in [0.3, 0.4) is 0 Å². The highest BCUT2D eigenvalue weighted by atomic mass is 35.5. The van der Waals surface area contributed by atoms with Crippen LogP contribution in [0.5, 0.6) is 0 Å². The maximum Gasteiger partial charge on any atom is 0.225 e. The summed E-state index contributed by atoms with van der Waals surface area (Å²) in [6.45, 7) is 0. The Labute approximate surface area is 91.9 Å². The fraction of sp³-hybridized carbons (Fsp3) is 0.200. The summed E-state index contributed by atoms with van der Waals surface area (Å²) in [5.41, 5.74) is 1.52. The van der Waals surface area contributed by atoms with E-state index in [2.05, 4.69) is 10.3 Å². The van der Waals surface area contributed by atoms with Crippen LogP contribution in [-0.2, 0) is 11.2 Å². The molecule has 0 unspecified atom stereocenters. The molecular formula is C10H10ClN3O. The van der Waals surface area contributed by atoms with Crippen LogP contribution in [0.2, 0.25) is 5.02 Å². The minimum Gasteiger partial charge on any atom is -0.359 e. The highest BCUT2D eigenvalue weighted by Gasteiger charge is 2.05. The summed E-state index contributed by atoms with van der Waals surface area (Å²) >= 11 is 5.83. The molecule has 5 heteroatoms. The number of rotatable bonds is 2. The molecule has 0 aromatic carbocycles. The topological polar surface area (TPSA) is 46.4 Å². The van der Waals surface area contributed by atoms with Crippen LogP contribution in [-0.4, -0.2) is 22.3 Å². The predicted octanol–water partition coefficient (Wildman–Crippen LogP) is 1.28. The van der Waals surface area contributed by atoms with Gasteiger partial charge in [-0.15, -0.1) is 0 Å². The van der Waals surface area contributed by atoms with Gasteiger partial charge in [0.1, 0.15) is 5.65 Å². The van der Waals surface area contributed by atoms with Crippen molar-refractivity contribution in [1.29, 1.82) is 0 Å². The molecule has 0 aliphatic carbocycles. The van der Waals surface area contributed by atoms with E-state index >= 15 is 0 Å². The third kappa shape index (κ3) is 2.10. The minimum absolute atomic E-state index is 0.0514. The van der Waals surface area contributed by atoms with E-state index < -0.39 is 0 Å². The van der Waals surface area contributed by atoms with Gasteiger partial charge in [-0.1, -0.05) is 11.6 Å². The molecule has 1 N–H and O–H groups in total. The van der Waals surface area contributed by atoms with Crippen molar-refractivity contribution < 1.29 is 4.79 Å². The van der Waals surface area contributed by atoms with Crippen LogP contribution >= 0.6 is 11.6 Å². The zero-order valence-electron chi connectivity index (χ0n) is 8.20. The number of likely N-dealkylation sites (N-methyl/N-ethyl adjacent to an activating group) is 1. The van der Waals surface area contributed by atoms with E-state index in [1.54, 1.807) is 29.9 Å². The summed E-state index contributed by atoms with van der Waals surface area (Å²) < 4.78 is 1.81. The Hall–Kier alpha value is -1.55. The largest absolute Gasteiger partial charge is 0.359 e. The summed E-state index contributed by atoms with van der Waals surface area (Å²) in [4.78, 5) is 15.4. The Morgan fingerprint density at radius 2 is 2.33 bits per heavy atom. The van der Waals surface area contributed by atoms with Crippen molar-refractivity contribution in [2.24, 2.45) is 0 Å². The molecule has 2 aromatic rings. The molecule has 0 bridgehead atoms. The van der Waals surface area contributed by atoms with Crippen LogP contribution in [0.15, 0.2) is 24.5 Å². The normalized spacial score (nSPS) is 10.5. The number of nitrogens with one attached hydrogen (secondary N) is 1. The molecule has 0 atom stereocenters. The summed E-state index contributed by atoms with van der Waals surface area (Å²) in [7, 11) is 1.61. The monoisotopic (exact) mass is 223 g/mol. The lowest BCUT2D eigenvalue weighted by molar-refractivity contribution is -0.120. The van der Waals surface area contributed by atoms with E-state index in [0.717, 1.165) is 11.3 Å². The van der Waals surface area contributed by atoms with Gasteiger partial charge in [0, 0.05) is 19.4 Å². The maximum atomic E-state index is 11.1. The Morgan fingerprint density at radius 1 is 1.53 bits per heavy atom. The standard InChI is InChI=1S/C10H10ClN3O/c1-12-10(15)4-8-6-14-5-7(11)2-3-9(14)13-8/h2-3,5-6H,4H2,1H3,(H,12,15). The van der Waals surface area contributed by atoms with E-state index in [4.69, 9.17) is 11.6 Å². The molecule has 4 nitrogen and oxygen atoms in total. The molecule has 0 aliphatic heterocycles. The highest BCUT2D eigenvalue weighted by Crippen LogP contribution is 2.11. The van der Waals surface area contributed by atoms with Crippen molar-refractivity contribution in [3.63, 3.8) is 0 Å². The smallest absolute Gasteiger partial charge is 0.225 e. The van der Waals surface area contributed by atoms with Gasteiger partial charge >= 0.3 is 0 Å². The first-order valence-corrected chi connectivity index (χ1v) is 4.90. The lowest BCUT2D eigenvalue weighted by atomic mass is 10.3. The van der Waals surface area contributed by atoms with Crippen LogP contribution in [0, 0.1) is 0 Å². The van der Waals surface area contributed by atoms with Gasteiger partial charge in [-0.05, 0) is 12.1 Å². The lowest BCUT2D eigenvalue weighted by Gasteiger charge is -1.93. The van der Waals surface area contributed by atoms with Crippen LogP contribution in [0.25, 0.3) is 5.65 Å². The van der Waals surface area contributed by atoms with E-state index in [1.807, 2.05) is 6.07 Å². The van der Waals surface area contributed by atoms with Gasteiger partial charge in [0.2, 0.25) is 5.91 Å². The second kappa shape index (κ2) is 3.90. The number of hydrogen-bond donors (Lipinski definition) is 1. The van der Waals surface area contributed by atoms with Crippen LogP contribution in [0.4, 0.5) is 0 Å². The summed E-state index contributed by atoms with van der Waals surface area (Å²) in [6, 6.07) is 3.59. The lowest BCUT2D eigenvalue weighted by Crippen LogP contribution is -2.19. The maximum absolute atomic E-state index is 11.1. The SMILES string of the molecule is CNC(=O)Cc1cn2cc(Cl)ccc2n1. The number of carbonyl (C=O) groups excluding carboxylic acids is 1. The van der Waals surface area contributed by atoms with Crippen molar-refractivity contribution in [3.8, 4) is 0 Å². The quantitative estimate of drug-likeness (QED) is 0.834. The molecule has 15 heavy (non-hydrogen) atoms. The average Bonchev–Trinajstić information content (AvgIpc) is 2.59. The third-order valence-electron chi connectivity index (χ3n) is 2.09. The predicted molar refractivity (Wildman–Crippen MR) is 58.0 cm³/mol. The van der Waals surface area contributed by atoms with Crippen molar-refractivity contribution in [2.75, 3.05) is 7.05 Å². The van der Waals surface area contributed by atoms with Crippen molar-refractivity contribution >= 4 is 23.2 Å². The number of carbonyl (C=O) groups is 1.